The predicted molar refractivity (Wildman–Crippen MR) is 73.7 cm³/mol. The predicted octanol–water partition coefficient (Wildman–Crippen LogP) is 2.04. The summed E-state index contributed by atoms with van der Waals surface area (Å²) >= 11 is 0. The number of rotatable bonds is 7. The maximum atomic E-state index is 12.2. The molecule has 0 fully saturated rings. The molecule has 0 heterocycles. The molecule has 1 atom stereocenters. The number of ether oxygens (including phenoxy) is 1. The largest absolute Gasteiger partial charge is 0.534 e. The normalized spacial score (nSPS) is 13.2. The van der Waals surface area contributed by atoms with Gasteiger partial charge in [0.05, 0.1) is 20.0 Å². The summed E-state index contributed by atoms with van der Waals surface area (Å²) in [6, 6.07) is 4.23. The van der Waals surface area contributed by atoms with Crippen molar-refractivity contribution in [2.24, 2.45) is 0 Å². The zero-order valence-electron chi connectivity index (χ0n) is 12.2. The molecule has 1 N–H and O–H groups in total. The molecule has 11 heteroatoms. The molecule has 1 aromatic carbocycles. The van der Waals surface area contributed by atoms with Crippen molar-refractivity contribution < 1.29 is 45.2 Å². The van der Waals surface area contributed by atoms with Crippen LogP contribution in [0.3, 0.4) is 0 Å². The van der Waals surface area contributed by atoms with Crippen LogP contribution in [0.15, 0.2) is 24.3 Å². The minimum Gasteiger partial charge on any atom is -0.481 e. The van der Waals surface area contributed by atoms with Gasteiger partial charge in [-0.3, -0.25) is 9.59 Å². The van der Waals surface area contributed by atoms with Crippen molar-refractivity contribution in [2.45, 2.75) is 24.3 Å². The van der Waals surface area contributed by atoms with E-state index < -0.39 is 45.7 Å². The number of carboxylic acids is 1. The van der Waals surface area contributed by atoms with Gasteiger partial charge in [-0.25, -0.2) is 0 Å². The minimum absolute atomic E-state index is 0.260. The molecule has 1 rings (SSSR count). The number of carbonyl (C=O) groups excluding carboxylic acids is 1. The van der Waals surface area contributed by atoms with Crippen LogP contribution < -0.4 is 4.18 Å². The standard InChI is InChI=1S/C13H13F3O7S/c1-22-12(19)7-9(6-11(17)18)8-2-4-10(5-3-8)23-24(20,21)13(14,15)16/h2-5,9H,6-7H2,1H3,(H,17,18)/t9-/m0/s1. The number of alkyl halides is 3. The summed E-state index contributed by atoms with van der Waals surface area (Å²) in [6.45, 7) is 0. The lowest BCUT2D eigenvalue weighted by Crippen LogP contribution is -2.28. The maximum Gasteiger partial charge on any atom is 0.534 e. The highest BCUT2D eigenvalue weighted by Gasteiger charge is 2.48. The molecule has 7 nitrogen and oxygen atoms in total. The second-order valence-electron chi connectivity index (χ2n) is 4.63. The second-order valence-corrected chi connectivity index (χ2v) is 6.17. The van der Waals surface area contributed by atoms with Crippen LogP contribution in [0.4, 0.5) is 13.2 Å². The number of benzene rings is 1. The molecule has 1 aromatic rings. The van der Waals surface area contributed by atoms with Crippen molar-refractivity contribution in [1.82, 2.24) is 0 Å². The first-order chi connectivity index (χ1) is 11.0. The molecule has 0 saturated heterocycles. The Balaban J connectivity index is 2.98. The molecule has 134 valence electrons. The summed E-state index contributed by atoms with van der Waals surface area (Å²) in [5.41, 5.74) is -5.26. The van der Waals surface area contributed by atoms with E-state index in [0.29, 0.717) is 5.56 Å². The van der Waals surface area contributed by atoms with E-state index in [4.69, 9.17) is 5.11 Å². The number of hydrogen-bond acceptors (Lipinski definition) is 6. The molecule has 0 radical (unpaired) electrons. The zero-order chi connectivity index (χ0) is 18.5. The van der Waals surface area contributed by atoms with Gasteiger partial charge in [-0.05, 0) is 17.7 Å². The first kappa shape index (κ1) is 19.7. The van der Waals surface area contributed by atoms with Gasteiger partial charge in [-0.15, -0.1) is 0 Å². The molecule has 0 aliphatic rings. The summed E-state index contributed by atoms with van der Waals surface area (Å²) in [6.07, 6.45) is -0.681. The Morgan fingerprint density at radius 2 is 1.71 bits per heavy atom. The van der Waals surface area contributed by atoms with Crippen molar-refractivity contribution in [2.75, 3.05) is 7.11 Å². The quantitative estimate of drug-likeness (QED) is 0.445. The van der Waals surface area contributed by atoms with Crippen molar-refractivity contribution in [3.05, 3.63) is 29.8 Å². The molecule has 24 heavy (non-hydrogen) atoms. The monoisotopic (exact) mass is 370 g/mol. The van der Waals surface area contributed by atoms with E-state index in [1.807, 2.05) is 0 Å². The number of hydrogen-bond donors (Lipinski definition) is 1. The van der Waals surface area contributed by atoms with Gasteiger partial charge in [0.1, 0.15) is 5.75 Å². The average Bonchev–Trinajstić information content (AvgIpc) is 2.45. The van der Waals surface area contributed by atoms with Crippen LogP contribution in [0.2, 0.25) is 0 Å². The Kier molecular flexibility index (Phi) is 6.18. The number of carbonyl (C=O) groups is 2. The van der Waals surface area contributed by atoms with E-state index in [2.05, 4.69) is 8.92 Å². The third-order valence-electron chi connectivity index (χ3n) is 2.90. The summed E-state index contributed by atoms with van der Waals surface area (Å²) in [4.78, 5) is 22.1. The first-order valence-corrected chi connectivity index (χ1v) is 7.76. The van der Waals surface area contributed by atoms with E-state index in [1.54, 1.807) is 0 Å². The van der Waals surface area contributed by atoms with Gasteiger partial charge < -0.3 is 14.0 Å². The van der Waals surface area contributed by atoms with Gasteiger partial charge >= 0.3 is 27.6 Å². The molecule has 0 aliphatic heterocycles. The highest BCUT2D eigenvalue weighted by molar-refractivity contribution is 7.88. The zero-order valence-corrected chi connectivity index (χ0v) is 13.1. The summed E-state index contributed by atoms with van der Waals surface area (Å²) < 4.78 is 66.8. The molecule has 0 bridgehead atoms. The van der Waals surface area contributed by atoms with Gasteiger partial charge in [-0.1, -0.05) is 12.1 Å². The Hall–Kier alpha value is -2.30. The highest BCUT2D eigenvalue weighted by atomic mass is 32.2. The van der Waals surface area contributed by atoms with Crippen LogP contribution in [0, 0.1) is 0 Å². The minimum atomic E-state index is -5.79. The first-order valence-electron chi connectivity index (χ1n) is 6.35. The molecule has 0 aromatic heterocycles. The van der Waals surface area contributed by atoms with Crippen molar-refractivity contribution in [1.29, 1.82) is 0 Å². The number of halogens is 3. The molecule has 0 aliphatic carbocycles. The maximum absolute atomic E-state index is 12.2. The Labute approximate surface area is 135 Å². The number of methoxy groups -OCH3 is 1. The van der Waals surface area contributed by atoms with Crippen molar-refractivity contribution in [3.63, 3.8) is 0 Å². The second kappa shape index (κ2) is 7.51. The van der Waals surface area contributed by atoms with Crippen LogP contribution >= 0.6 is 0 Å². The molecule has 0 amide bonds. The smallest absolute Gasteiger partial charge is 0.481 e. The number of carboxylic acid groups (broad SMARTS) is 1. The van der Waals surface area contributed by atoms with Crippen LogP contribution in [0.25, 0.3) is 0 Å². The average molecular weight is 370 g/mol. The third kappa shape index (κ3) is 5.41. The fraction of sp³-hybridized carbons (Fsp3) is 0.385. The molecule has 0 unspecified atom stereocenters. The van der Waals surface area contributed by atoms with Crippen molar-refractivity contribution >= 4 is 22.1 Å². The van der Waals surface area contributed by atoms with Gasteiger partial charge in [-0.2, -0.15) is 21.6 Å². The number of esters is 1. The van der Waals surface area contributed by atoms with Crippen molar-refractivity contribution in [3.8, 4) is 5.75 Å². The highest BCUT2D eigenvalue weighted by Crippen LogP contribution is 2.29. The third-order valence-corrected chi connectivity index (χ3v) is 3.88. The van der Waals surface area contributed by atoms with Crippen LogP contribution in [-0.2, 0) is 24.4 Å². The number of aliphatic carboxylic acids is 1. The van der Waals surface area contributed by atoms with Gasteiger partial charge in [0.25, 0.3) is 0 Å². The molecule has 0 spiro atoms. The fourth-order valence-electron chi connectivity index (χ4n) is 1.77. The Bertz CT molecular complexity index is 695. The van der Waals surface area contributed by atoms with Gasteiger partial charge in [0.15, 0.2) is 0 Å². The van der Waals surface area contributed by atoms with Gasteiger partial charge in [0.2, 0.25) is 0 Å². The van der Waals surface area contributed by atoms with Crippen LogP contribution in [0.1, 0.15) is 24.3 Å². The Morgan fingerprint density at radius 3 is 2.12 bits per heavy atom. The summed E-state index contributed by atoms with van der Waals surface area (Å²) in [7, 11) is -4.67. The SMILES string of the molecule is COC(=O)C[C@H](CC(=O)O)c1ccc(OS(=O)(=O)C(F)(F)F)cc1. The van der Waals surface area contributed by atoms with E-state index in [-0.39, 0.29) is 6.42 Å². The molecular weight excluding hydrogens is 357 g/mol. The lowest BCUT2D eigenvalue weighted by molar-refractivity contribution is -0.141. The van der Waals surface area contributed by atoms with E-state index in [9.17, 15) is 31.2 Å². The van der Waals surface area contributed by atoms with Gasteiger partial charge in [0, 0.05) is 5.92 Å². The van der Waals surface area contributed by atoms with E-state index in [1.165, 1.54) is 12.1 Å². The molecular formula is C13H13F3O7S. The fourth-order valence-corrected chi connectivity index (χ4v) is 2.23. The Morgan fingerprint density at radius 1 is 1.17 bits per heavy atom. The molecule has 0 saturated carbocycles. The lowest BCUT2D eigenvalue weighted by atomic mass is 9.92. The lowest BCUT2D eigenvalue weighted by Gasteiger charge is -2.15. The van der Waals surface area contributed by atoms with Crippen LogP contribution in [-0.4, -0.2) is 38.1 Å². The topological polar surface area (TPSA) is 107 Å². The van der Waals surface area contributed by atoms with Crippen LogP contribution in [0.5, 0.6) is 5.75 Å². The summed E-state index contributed by atoms with van der Waals surface area (Å²) in [5.74, 6) is -3.24. The van der Waals surface area contributed by atoms with E-state index in [0.717, 1.165) is 19.2 Å². The van der Waals surface area contributed by atoms with E-state index >= 15 is 0 Å². The summed E-state index contributed by atoms with van der Waals surface area (Å²) in [5, 5.41) is 8.85.